The molecule has 31 heavy (non-hydrogen) atoms. The maximum absolute atomic E-state index is 12.2. The quantitative estimate of drug-likeness (QED) is 0.213. The highest BCUT2D eigenvalue weighted by Crippen LogP contribution is 2.31. The van der Waals surface area contributed by atoms with E-state index in [2.05, 4.69) is 4.99 Å². The van der Waals surface area contributed by atoms with Crippen LogP contribution in [-0.4, -0.2) is 46.3 Å². The van der Waals surface area contributed by atoms with E-state index in [0.717, 1.165) is 0 Å². The van der Waals surface area contributed by atoms with Gasteiger partial charge in [0.2, 0.25) is 6.08 Å². The van der Waals surface area contributed by atoms with Gasteiger partial charge in [-0.05, 0) is 81.6 Å². The van der Waals surface area contributed by atoms with Crippen molar-refractivity contribution in [3.05, 3.63) is 0 Å². The number of ether oxygens (including phenoxy) is 3. The van der Waals surface area contributed by atoms with Crippen LogP contribution in [0.25, 0.3) is 0 Å². The Kier molecular flexibility index (Phi) is 10.6. The molecule has 0 fully saturated rings. The van der Waals surface area contributed by atoms with Crippen LogP contribution < -0.4 is 0 Å². The van der Waals surface area contributed by atoms with Crippen molar-refractivity contribution < 1.29 is 33.4 Å². The van der Waals surface area contributed by atoms with Gasteiger partial charge in [-0.15, -0.1) is 0 Å². The van der Waals surface area contributed by atoms with Crippen molar-refractivity contribution in [1.29, 1.82) is 0 Å². The van der Waals surface area contributed by atoms with Crippen LogP contribution in [0.4, 0.5) is 0 Å². The number of hydrogen-bond acceptors (Lipinski definition) is 8. The number of esters is 3. The van der Waals surface area contributed by atoms with Crippen LogP contribution in [0.1, 0.15) is 101 Å². The van der Waals surface area contributed by atoms with Crippen LogP contribution in [0, 0.1) is 0 Å². The first-order valence-corrected chi connectivity index (χ1v) is 10.6. The molecule has 8 heteroatoms. The van der Waals surface area contributed by atoms with E-state index >= 15 is 0 Å². The lowest BCUT2D eigenvalue weighted by Gasteiger charge is -2.29. The zero-order chi connectivity index (χ0) is 24.5. The van der Waals surface area contributed by atoms with Crippen LogP contribution >= 0.6 is 0 Å². The second kappa shape index (κ2) is 11.4. The molecule has 0 heterocycles. The molecule has 0 rings (SSSR count). The lowest BCUT2D eigenvalue weighted by Crippen LogP contribution is -2.33. The number of hydrogen-bond donors (Lipinski definition) is 0. The zero-order valence-corrected chi connectivity index (χ0v) is 20.5. The Morgan fingerprint density at radius 1 is 0.613 bits per heavy atom. The Bertz CT molecular complexity index is 593. The Hall–Kier alpha value is -2.21. The Morgan fingerprint density at radius 3 is 1.06 bits per heavy atom. The van der Waals surface area contributed by atoms with E-state index in [0.29, 0.717) is 0 Å². The van der Waals surface area contributed by atoms with Gasteiger partial charge in [0.1, 0.15) is 16.8 Å². The summed E-state index contributed by atoms with van der Waals surface area (Å²) in [6.45, 7) is 15.8. The smallest absolute Gasteiger partial charge is 0.306 e. The van der Waals surface area contributed by atoms with Crippen LogP contribution in [0.2, 0.25) is 0 Å². The molecule has 0 N–H and O–H groups in total. The Morgan fingerprint density at radius 2 is 0.871 bits per heavy atom. The number of nitrogens with zero attached hydrogens (tertiary/aromatic N) is 1. The molecule has 0 radical (unpaired) electrons. The average Bonchev–Trinajstić information content (AvgIpc) is 2.51. The standard InChI is InChI=1S/C23H39NO7/c1-20(2,3)29-17(26)10-13-23(24-16-25,14-11-18(27)30-21(4,5)6)15-12-19(28)31-22(7,8)9/h10-15H2,1-9H3. The van der Waals surface area contributed by atoms with Crippen molar-refractivity contribution in [2.24, 2.45) is 4.99 Å². The van der Waals surface area contributed by atoms with Crippen molar-refractivity contribution in [2.45, 2.75) is 123 Å². The minimum atomic E-state index is -1.13. The molecule has 0 aliphatic rings. The first kappa shape index (κ1) is 28.8. The van der Waals surface area contributed by atoms with Crippen molar-refractivity contribution in [3.8, 4) is 0 Å². The fourth-order valence-electron chi connectivity index (χ4n) is 2.82. The minimum Gasteiger partial charge on any atom is -0.460 e. The maximum Gasteiger partial charge on any atom is 0.306 e. The minimum absolute atomic E-state index is 0.0227. The Balaban J connectivity index is 5.44. The van der Waals surface area contributed by atoms with E-state index in [1.54, 1.807) is 68.4 Å². The van der Waals surface area contributed by atoms with Crippen LogP contribution in [-0.2, 0) is 33.4 Å². The summed E-state index contributed by atoms with van der Waals surface area (Å²) >= 11 is 0. The predicted molar refractivity (Wildman–Crippen MR) is 116 cm³/mol. The summed E-state index contributed by atoms with van der Waals surface area (Å²) in [6, 6.07) is 0. The molecule has 0 aliphatic carbocycles. The number of aliphatic imine (C=N–C) groups is 1. The lowest BCUT2D eigenvalue weighted by atomic mass is 9.84. The summed E-state index contributed by atoms with van der Waals surface area (Å²) in [5.74, 6) is -1.35. The van der Waals surface area contributed by atoms with Crippen LogP contribution in [0.15, 0.2) is 4.99 Å². The van der Waals surface area contributed by atoms with Gasteiger partial charge in [0.15, 0.2) is 0 Å². The van der Waals surface area contributed by atoms with E-state index in [4.69, 9.17) is 14.2 Å². The zero-order valence-electron chi connectivity index (χ0n) is 20.5. The van der Waals surface area contributed by atoms with Gasteiger partial charge in [0.25, 0.3) is 0 Å². The third kappa shape index (κ3) is 15.3. The highest BCUT2D eigenvalue weighted by molar-refractivity contribution is 5.72. The van der Waals surface area contributed by atoms with Gasteiger partial charge in [-0.2, -0.15) is 4.99 Å². The molecule has 0 saturated carbocycles. The lowest BCUT2D eigenvalue weighted by molar-refractivity contribution is -0.155. The summed E-state index contributed by atoms with van der Waals surface area (Å²) in [4.78, 5) is 51.8. The number of isocyanates is 1. The third-order valence-electron chi connectivity index (χ3n) is 3.93. The SMILES string of the molecule is CC(C)(C)OC(=O)CCC(CCC(=O)OC(C)(C)C)(CCC(=O)OC(C)(C)C)N=C=O. The van der Waals surface area contributed by atoms with Gasteiger partial charge in [0.05, 0.1) is 5.54 Å². The highest BCUT2D eigenvalue weighted by atomic mass is 16.6. The molecule has 0 saturated heterocycles. The number of carbonyl (C=O) groups excluding carboxylic acids is 4. The van der Waals surface area contributed by atoms with Crippen molar-refractivity contribution in [2.75, 3.05) is 0 Å². The van der Waals surface area contributed by atoms with Crippen molar-refractivity contribution in [3.63, 3.8) is 0 Å². The number of carbonyl (C=O) groups is 3. The molecule has 0 aromatic rings. The molecule has 0 amide bonds. The van der Waals surface area contributed by atoms with Gasteiger partial charge >= 0.3 is 17.9 Å². The Labute approximate surface area is 186 Å². The topological polar surface area (TPSA) is 108 Å². The molecular formula is C23H39NO7. The van der Waals surface area contributed by atoms with E-state index in [9.17, 15) is 19.2 Å². The molecule has 178 valence electrons. The van der Waals surface area contributed by atoms with Crippen molar-refractivity contribution >= 4 is 24.0 Å². The maximum atomic E-state index is 12.2. The normalized spacial score (nSPS) is 12.5. The summed E-state index contributed by atoms with van der Waals surface area (Å²) in [5.41, 5.74) is -3.09. The molecular weight excluding hydrogens is 402 g/mol. The van der Waals surface area contributed by atoms with E-state index in [1.807, 2.05) is 0 Å². The van der Waals surface area contributed by atoms with Gasteiger partial charge in [-0.3, -0.25) is 14.4 Å². The summed E-state index contributed by atoms with van der Waals surface area (Å²) in [7, 11) is 0. The van der Waals surface area contributed by atoms with Gasteiger partial charge in [-0.1, -0.05) is 0 Å². The fourth-order valence-corrected chi connectivity index (χ4v) is 2.82. The monoisotopic (exact) mass is 441 g/mol. The molecule has 0 aliphatic heterocycles. The molecule has 0 bridgehead atoms. The molecule has 0 aromatic heterocycles. The molecule has 0 aromatic carbocycles. The van der Waals surface area contributed by atoms with E-state index in [1.165, 1.54) is 0 Å². The second-order valence-electron chi connectivity index (χ2n) is 10.7. The first-order valence-electron chi connectivity index (χ1n) is 10.6. The fraction of sp³-hybridized carbons (Fsp3) is 0.826. The van der Waals surface area contributed by atoms with Gasteiger partial charge in [-0.25, -0.2) is 4.79 Å². The summed E-state index contributed by atoms with van der Waals surface area (Å²) in [6.07, 6.45) is 1.86. The summed E-state index contributed by atoms with van der Waals surface area (Å²) in [5, 5.41) is 0. The largest absolute Gasteiger partial charge is 0.460 e. The first-order chi connectivity index (χ1) is 13.9. The van der Waals surface area contributed by atoms with Crippen LogP contribution in [0.3, 0.4) is 0 Å². The number of rotatable bonds is 10. The molecule has 0 spiro atoms. The third-order valence-corrected chi connectivity index (χ3v) is 3.93. The molecule has 8 nitrogen and oxygen atoms in total. The van der Waals surface area contributed by atoms with Crippen molar-refractivity contribution in [1.82, 2.24) is 0 Å². The molecule has 0 unspecified atom stereocenters. The second-order valence-corrected chi connectivity index (χ2v) is 10.7. The average molecular weight is 442 g/mol. The van der Waals surface area contributed by atoms with E-state index in [-0.39, 0.29) is 38.5 Å². The summed E-state index contributed by atoms with van der Waals surface area (Å²) < 4.78 is 16.0. The van der Waals surface area contributed by atoms with E-state index < -0.39 is 40.2 Å². The van der Waals surface area contributed by atoms with Gasteiger partial charge < -0.3 is 14.2 Å². The van der Waals surface area contributed by atoms with Gasteiger partial charge in [0, 0.05) is 19.3 Å². The highest BCUT2D eigenvalue weighted by Gasteiger charge is 2.34. The predicted octanol–water partition coefficient (Wildman–Crippen LogP) is 4.43. The van der Waals surface area contributed by atoms with Crippen LogP contribution in [0.5, 0.6) is 0 Å². The molecule has 0 atom stereocenters.